The SMILES string of the molecule is CCOc1ccc(N(CCCC(=O)NCCOCc2ccccc2)S(C)(=O)=O)cc1. The Labute approximate surface area is 179 Å². The van der Waals surface area contributed by atoms with Gasteiger partial charge in [0.1, 0.15) is 5.75 Å². The van der Waals surface area contributed by atoms with Gasteiger partial charge in [0.15, 0.2) is 0 Å². The van der Waals surface area contributed by atoms with E-state index in [-0.39, 0.29) is 18.9 Å². The van der Waals surface area contributed by atoms with E-state index in [4.69, 9.17) is 9.47 Å². The highest BCUT2D eigenvalue weighted by atomic mass is 32.2. The van der Waals surface area contributed by atoms with Crippen LogP contribution in [0.1, 0.15) is 25.3 Å². The zero-order valence-electron chi connectivity index (χ0n) is 17.5. The van der Waals surface area contributed by atoms with Crippen LogP contribution in [-0.2, 0) is 26.2 Å². The number of carbonyl (C=O) groups is 1. The summed E-state index contributed by atoms with van der Waals surface area (Å²) in [5, 5.41) is 2.79. The Morgan fingerprint density at radius 3 is 2.40 bits per heavy atom. The molecule has 0 aliphatic carbocycles. The van der Waals surface area contributed by atoms with Gasteiger partial charge in [-0.1, -0.05) is 30.3 Å². The van der Waals surface area contributed by atoms with Crippen molar-refractivity contribution in [2.75, 3.05) is 36.9 Å². The molecule has 0 bridgehead atoms. The highest BCUT2D eigenvalue weighted by Gasteiger charge is 2.17. The molecular weight excluding hydrogens is 404 g/mol. The third kappa shape index (κ3) is 8.42. The summed E-state index contributed by atoms with van der Waals surface area (Å²) < 4.78 is 36.5. The van der Waals surface area contributed by atoms with Gasteiger partial charge in [-0.25, -0.2) is 8.42 Å². The molecule has 7 nitrogen and oxygen atoms in total. The molecule has 0 aliphatic heterocycles. The minimum Gasteiger partial charge on any atom is -0.494 e. The predicted molar refractivity (Wildman–Crippen MR) is 118 cm³/mol. The topological polar surface area (TPSA) is 84.9 Å². The number of rotatable bonds is 13. The number of anilines is 1. The molecule has 164 valence electrons. The number of nitrogens with zero attached hydrogens (tertiary/aromatic N) is 1. The van der Waals surface area contributed by atoms with E-state index in [0.29, 0.717) is 44.2 Å². The van der Waals surface area contributed by atoms with Crippen LogP contribution in [0.25, 0.3) is 0 Å². The van der Waals surface area contributed by atoms with Crippen LogP contribution in [0, 0.1) is 0 Å². The van der Waals surface area contributed by atoms with Gasteiger partial charge in [0.2, 0.25) is 15.9 Å². The van der Waals surface area contributed by atoms with Crippen LogP contribution in [0.2, 0.25) is 0 Å². The molecule has 0 radical (unpaired) electrons. The van der Waals surface area contributed by atoms with E-state index in [1.165, 1.54) is 4.31 Å². The molecule has 2 aromatic carbocycles. The Morgan fingerprint density at radius 2 is 1.77 bits per heavy atom. The lowest BCUT2D eigenvalue weighted by molar-refractivity contribution is -0.121. The second-order valence-corrected chi connectivity index (χ2v) is 8.66. The van der Waals surface area contributed by atoms with Gasteiger partial charge in [0.25, 0.3) is 0 Å². The summed E-state index contributed by atoms with van der Waals surface area (Å²) in [4.78, 5) is 12.0. The number of sulfonamides is 1. The van der Waals surface area contributed by atoms with Crippen molar-refractivity contribution in [3.63, 3.8) is 0 Å². The quantitative estimate of drug-likeness (QED) is 0.490. The Hall–Kier alpha value is -2.58. The van der Waals surface area contributed by atoms with Gasteiger partial charge in [-0.05, 0) is 43.2 Å². The van der Waals surface area contributed by atoms with E-state index < -0.39 is 10.0 Å². The zero-order valence-corrected chi connectivity index (χ0v) is 18.4. The summed E-state index contributed by atoms with van der Waals surface area (Å²) >= 11 is 0. The van der Waals surface area contributed by atoms with Crippen LogP contribution in [-0.4, -0.2) is 46.9 Å². The molecule has 0 unspecified atom stereocenters. The van der Waals surface area contributed by atoms with Crippen molar-refractivity contribution in [2.45, 2.75) is 26.4 Å². The average Bonchev–Trinajstić information content (AvgIpc) is 2.72. The van der Waals surface area contributed by atoms with Crippen molar-refractivity contribution >= 4 is 21.6 Å². The van der Waals surface area contributed by atoms with Crippen LogP contribution in [0.15, 0.2) is 54.6 Å². The molecule has 1 N–H and O–H groups in total. The van der Waals surface area contributed by atoms with Gasteiger partial charge < -0.3 is 14.8 Å². The van der Waals surface area contributed by atoms with Crippen molar-refractivity contribution in [2.24, 2.45) is 0 Å². The minimum atomic E-state index is -3.45. The third-order valence-corrected chi connectivity index (χ3v) is 5.48. The monoisotopic (exact) mass is 434 g/mol. The Balaban J connectivity index is 1.71. The standard InChI is InChI=1S/C22H30N2O5S/c1-3-29-21-13-11-20(12-14-21)24(30(2,26)27)16-7-10-22(25)23-15-17-28-18-19-8-5-4-6-9-19/h4-6,8-9,11-14H,3,7,10,15-18H2,1-2H3,(H,23,25). The molecule has 1 amide bonds. The second kappa shape index (κ2) is 12.2. The van der Waals surface area contributed by atoms with Crippen LogP contribution in [0.5, 0.6) is 5.75 Å². The number of nitrogens with one attached hydrogen (secondary N) is 1. The van der Waals surface area contributed by atoms with Gasteiger partial charge in [0.05, 0.1) is 31.8 Å². The lowest BCUT2D eigenvalue weighted by Crippen LogP contribution is -2.32. The Morgan fingerprint density at radius 1 is 1.07 bits per heavy atom. The molecule has 2 rings (SSSR count). The molecule has 0 saturated heterocycles. The van der Waals surface area contributed by atoms with Crippen molar-refractivity contribution in [1.29, 1.82) is 0 Å². The van der Waals surface area contributed by atoms with Gasteiger partial charge in [-0.2, -0.15) is 0 Å². The maximum absolute atomic E-state index is 12.2. The summed E-state index contributed by atoms with van der Waals surface area (Å²) in [6.45, 7) is 3.99. The minimum absolute atomic E-state index is 0.126. The highest BCUT2D eigenvalue weighted by molar-refractivity contribution is 7.92. The van der Waals surface area contributed by atoms with Crippen LogP contribution in [0.3, 0.4) is 0 Å². The fraction of sp³-hybridized carbons (Fsp3) is 0.409. The van der Waals surface area contributed by atoms with Gasteiger partial charge in [-0.3, -0.25) is 9.10 Å². The highest BCUT2D eigenvalue weighted by Crippen LogP contribution is 2.22. The van der Waals surface area contributed by atoms with Gasteiger partial charge in [-0.15, -0.1) is 0 Å². The molecule has 0 aliphatic rings. The van der Waals surface area contributed by atoms with Crippen LogP contribution < -0.4 is 14.4 Å². The number of benzene rings is 2. The summed E-state index contributed by atoms with van der Waals surface area (Å²) in [5.41, 5.74) is 1.63. The third-order valence-electron chi connectivity index (χ3n) is 4.28. The molecule has 2 aromatic rings. The lowest BCUT2D eigenvalue weighted by atomic mass is 10.2. The van der Waals surface area contributed by atoms with Crippen LogP contribution >= 0.6 is 0 Å². The first-order valence-corrected chi connectivity index (χ1v) is 11.8. The summed E-state index contributed by atoms with van der Waals surface area (Å²) in [6.07, 6.45) is 1.81. The maximum Gasteiger partial charge on any atom is 0.232 e. The first-order valence-electron chi connectivity index (χ1n) is 9.99. The molecule has 0 spiro atoms. The normalized spacial score (nSPS) is 11.1. The zero-order chi connectivity index (χ0) is 21.8. The van der Waals surface area contributed by atoms with Crippen LogP contribution in [0.4, 0.5) is 5.69 Å². The first-order chi connectivity index (χ1) is 14.4. The summed E-state index contributed by atoms with van der Waals surface area (Å²) in [5.74, 6) is 0.557. The number of amides is 1. The molecule has 30 heavy (non-hydrogen) atoms. The average molecular weight is 435 g/mol. The largest absolute Gasteiger partial charge is 0.494 e. The van der Waals surface area contributed by atoms with E-state index in [1.807, 2.05) is 37.3 Å². The van der Waals surface area contributed by atoms with Gasteiger partial charge in [0, 0.05) is 19.5 Å². The van der Waals surface area contributed by atoms with Crippen molar-refractivity contribution in [3.05, 3.63) is 60.2 Å². The van der Waals surface area contributed by atoms with E-state index in [9.17, 15) is 13.2 Å². The van der Waals surface area contributed by atoms with Crippen molar-refractivity contribution in [1.82, 2.24) is 5.32 Å². The smallest absolute Gasteiger partial charge is 0.232 e. The molecule has 0 saturated carbocycles. The maximum atomic E-state index is 12.2. The molecular formula is C22H30N2O5S. The fourth-order valence-corrected chi connectivity index (χ4v) is 3.83. The molecule has 8 heteroatoms. The molecule has 0 heterocycles. The van der Waals surface area contributed by atoms with E-state index >= 15 is 0 Å². The predicted octanol–water partition coefficient (Wildman–Crippen LogP) is 2.96. The fourth-order valence-electron chi connectivity index (χ4n) is 2.86. The first kappa shape index (κ1) is 23.7. The Kier molecular flexibility index (Phi) is 9.63. The summed E-state index contributed by atoms with van der Waals surface area (Å²) in [7, 11) is -3.45. The number of hydrogen-bond acceptors (Lipinski definition) is 5. The molecule has 0 atom stereocenters. The second-order valence-electron chi connectivity index (χ2n) is 6.75. The lowest BCUT2D eigenvalue weighted by Gasteiger charge is -2.22. The van der Waals surface area contributed by atoms with Crippen molar-refractivity contribution < 1.29 is 22.7 Å². The molecule has 0 fully saturated rings. The summed E-state index contributed by atoms with van der Waals surface area (Å²) in [6, 6.07) is 16.7. The van der Waals surface area contributed by atoms with E-state index in [2.05, 4.69) is 5.32 Å². The number of carbonyl (C=O) groups excluding carboxylic acids is 1. The van der Waals surface area contributed by atoms with E-state index in [0.717, 1.165) is 11.8 Å². The number of ether oxygens (including phenoxy) is 2. The Bertz CT molecular complexity index is 870. The van der Waals surface area contributed by atoms with E-state index in [1.54, 1.807) is 24.3 Å². The molecule has 0 aromatic heterocycles. The van der Waals surface area contributed by atoms with Crippen molar-refractivity contribution in [3.8, 4) is 5.75 Å². The number of hydrogen-bond donors (Lipinski definition) is 1. The van der Waals surface area contributed by atoms with Gasteiger partial charge >= 0.3 is 0 Å².